The van der Waals surface area contributed by atoms with E-state index in [0.29, 0.717) is 0 Å². The molecule has 1 N–H and O–H groups in total. The lowest BCUT2D eigenvalue weighted by Crippen LogP contribution is -2.13. The van der Waals surface area contributed by atoms with E-state index >= 15 is 0 Å². The Morgan fingerprint density at radius 1 is 0.422 bits per heavy atom. The molecule has 0 radical (unpaired) electrons. The zero-order chi connectivity index (χ0) is 31.1. The molecule has 0 fully saturated rings. The van der Waals surface area contributed by atoms with Crippen molar-refractivity contribution < 1.29 is 0 Å². The van der Waals surface area contributed by atoms with E-state index in [9.17, 15) is 0 Å². The van der Waals surface area contributed by atoms with Crippen molar-refractivity contribution in [3.05, 3.63) is 120 Å². The van der Waals surface area contributed by atoms with Gasteiger partial charge < -0.3 is 4.98 Å². The second-order valence-electron chi connectivity index (χ2n) is 14.5. The van der Waals surface area contributed by atoms with Crippen LogP contribution in [0.15, 0.2) is 109 Å². The molecule has 0 amide bonds. The van der Waals surface area contributed by atoms with Crippen LogP contribution in [0.25, 0.3) is 78.0 Å². The van der Waals surface area contributed by atoms with Crippen LogP contribution in [-0.2, 0) is 10.8 Å². The van der Waals surface area contributed by atoms with Gasteiger partial charge in [-0.3, -0.25) is 0 Å². The molecule has 4 aromatic carbocycles. The van der Waals surface area contributed by atoms with Gasteiger partial charge in [0.2, 0.25) is 0 Å². The van der Waals surface area contributed by atoms with Crippen molar-refractivity contribution in [2.24, 2.45) is 0 Å². The Kier molecular flexibility index (Phi) is 5.96. The summed E-state index contributed by atoms with van der Waals surface area (Å²) < 4.78 is 0. The molecule has 3 heteroatoms. The molecule has 8 rings (SSSR count). The van der Waals surface area contributed by atoms with Gasteiger partial charge in [-0.25, -0.2) is 9.97 Å². The van der Waals surface area contributed by atoms with Gasteiger partial charge in [0.25, 0.3) is 0 Å². The summed E-state index contributed by atoms with van der Waals surface area (Å²) in [5.74, 6) is 0. The fraction of sp³-hybridized carbons (Fsp3) is 0.190. The molecule has 8 bridgehead atoms. The van der Waals surface area contributed by atoms with E-state index < -0.39 is 0 Å². The monoisotopic (exact) mass is 583 g/mol. The predicted molar refractivity (Wildman–Crippen MR) is 190 cm³/mol. The van der Waals surface area contributed by atoms with E-state index in [1.807, 2.05) is 0 Å². The molecule has 7 aromatic rings. The lowest BCUT2D eigenvalue weighted by Gasteiger charge is -2.23. The molecule has 45 heavy (non-hydrogen) atoms. The first-order valence-corrected chi connectivity index (χ1v) is 15.8. The maximum Gasteiger partial charge on any atom is 0.0897 e. The highest BCUT2D eigenvalue weighted by atomic mass is 14.8. The van der Waals surface area contributed by atoms with Gasteiger partial charge in [0.05, 0.1) is 33.8 Å². The average molecular weight is 584 g/mol. The first kappa shape index (κ1) is 27.5. The number of para-hydroxylation sites is 2. The highest BCUT2D eigenvalue weighted by molar-refractivity contribution is 6.15. The van der Waals surface area contributed by atoms with Gasteiger partial charge in [0.1, 0.15) is 0 Å². The van der Waals surface area contributed by atoms with E-state index in [1.54, 1.807) is 0 Å². The van der Waals surface area contributed by atoms with Crippen LogP contribution in [0.2, 0.25) is 0 Å². The Bertz CT molecular complexity index is 2270. The van der Waals surface area contributed by atoms with Crippen LogP contribution >= 0.6 is 0 Å². The largest absolute Gasteiger partial charge is 0.353 e. The SMILES string of the molecule is CC(C)(C)c1cc2nc(c1)-c1cc(C(C)(C)C)cc(n1)-c1cccc3c1[nH]c1c(cccc13)-c1cc(-c3ccccc3)cc-2c1. The van der Waals surface area contributed by atoms with E-state index in [0.717, 1.165) is 44.9 Å². The summed E-state index contributed by atoms with van der Waals surface area (Å²) in [6.07, 6.45) is 0. The van der Waals surface area contributed by atoms with Crippen molar-refractivity contribution in [1.29, 1.82) is 0 Å². The van der Waals surface area contributed by atoms with Gasteiger partial charge in [-0.2, -0.15) is 0 Å². The molecule has 3 aromatic heterocycles. The Hall–Kier alpha value is -5.02. The second kappa shape index (κ2) is 9.74. The van der Waals surface area contributed by atoms with Gasteiger partial charge in [0, 0.05) is 27.5 Å². The number of H-pyrrole nitrogens is 1. The summed E-state index contributed by atoms with van der Waals surface area (Å²) in [4.78, 5) is 14.6. The number of rotatable bonds is 1. The topological polar surface area (TPSA) is 41.6 Å². The Morgan fingerprint density at radius 3 is 1.58 bits per heavy atom. The number of benzene rings is 4. The Morgan fingerprint density at radius 2 is 0.933 bits per heavy atom. The third-order valence-corrected chi connectivity index (χ3v) is 9.24. The lowest BCUT2D eigenvalue weighted by atomic mass is 9.84. The van der Waals surface area contributed by atoms with Crippen molar-refractivity contribution in [1.82, 2.24) is 15.0 Å². The minimum Gasteiger partial charge on any atom is -0.353 e. The van der Waals surface area contributed by atoms with Gasteiger partial charge in [-0.15, -0.1) is 0 Å². The van der Waals surface area contributed by atoms with Crippen LogP contribution < -0.4 is 0 Å². The van der Waals surface area contributed by atoms with E-state index in [2.05, 4.69) is 156 Å². The highest BCUT2D eigenvalue weighted by Crippen LogP contribution is 2.42. The third kappa shape index (κ3) is 4.66. The minimum atomic E-state index is -0.0714. The summed E-state index contributed by atoms with van der Waals surface area (Å²) in [5.41, 5.74) is 15.2. The molecule has 4 heterocycles. The van der Waals surface area contributed by atoms with Crippen molar-refractivity contribution in [2.45, 2.75) is 52.4 Å². The second-order valence-corrected chi connectivity index (χ2v) is 14.5. The number of hydrogen-bond donors (Lipinski definition) is 1. The van der Waals surface area contributed by atoms with Crippen molar-refractivity contribution in [3.63, 3.8) is 0 Å². The molecule has 220 valence electrons. The molecular weight excluding hydrogens is 546 g/mol. The van der Waals surface area contributed by atoms with Crippen LogP contribution in [0.1, 0.15) is 52.7 Å². The van der Waals surface area contributed by atoms with Crippen molar-refractivity contribution in [3.8, 4) is 56.2 Å². The molecule has 0 saturated carbocycles. The van der Waals surface area contributed by atoms with E-state index in [4.69, 9.17) is 9.97 Å². The van der Waals surface area contributed by atoms with Crippen LogP contribution in [-0.4, -0.2) is 15.0 Å². The smallest absolute Gasteiger partial charge is 0.0897 e. The lowest BCUT2D eigenvalue weighted by molar-refractivity contribution is 0.588. The number of aromatic nitrogens is 3. The van der Waals surface area contributed by atoms with Crippen molar-refractivity contribution >= 4 is 21.8 Å². The van der Waals surface area contributed by atoms with Crippen LogP contribution in [0, 0.1) is 0 Å². The fourth-order valence-electron chi connectivity index (χ4n) is 6.61. The van der Waals surface area contributed by atoms with Gasteiger partial charge in [0.15, 0.2) is 0 Å². The molecule has 0 saturated heterocycles. The van der Waals surface area contributed by atoms with Gasteiger partial charge >= 0.3 is 0 Å². The number of pyridine rings is 2. The first-order valence-electron chi connectivity index (χ1n) is 15.8. The molecule has 1 aliphatic heterocycles. The predicted octanol–water partition coefficient (Wildman–Crippen LogP) is 11.4. The maximum absolute atomic E-state index is 5.38. The summed E-state index contributed by atoms with van der Waals surface area (Å²) in [7, 11) is 0. The van der Waals surface area contributed by atoms with Crippen LogP contribution in [0.3, 0.4) is 0 Å². The average Bonchev–Trinajstić information content (AvgIpc) is 3.42. The summed E-state index contributed by atoms with van der Waals surface area (Å²) in [6.45, 7) is 13.6. The number of nitrogens with one attached hydrogen (secondary N) is 1. The molecule has 0 spiro atoms. The zero-order valence-corrected chi connectivity index (χ0v) is 26.8. The number of hydrogen-bond acceptors (Lipinski definition) is 2. The number of nitrogens with zero attached hydrogens (tertiary/aromatic N) is 2. The van der Waals surface area contributed by atoms with Gasteiger partial charge in [-0.05, 0) is 81.1 Å². The van der Waals surface area contributed by atoms with Crippen LogP contribution in [0.4, 0.5) is 0 Å². The molecule has 0 unspecified atom stereocenters. The standard InChI is InChI=1S/C42H37N3/c1-41(2,3)29-21-35-28-19-26(25-12-8-7-9-13-25)18-27(20-28)31-14-10-15-32-33-16-11-17-34(40(33)45-39(31)32)36-22-30(42(4,5)6)24-38(44-36)37(23-29)43-35/h7-24,45H,1-6H3. The Labute approximate surface area is 265 Å². The summed E-state index contributed by atoms with van der Waals surface area (Å²) in [6, 6.07) is 39.8. The van der Waals surface area contributed by atoms with Gasteiger partial charge in [-0.1, -0.05) is 108 Å². The molecule has 0 atom stereocenters. The molecular formula is C42H37N3. The molecule has 3 nitrogen and oxygen atoms in total. The number of aromatic amines is 1. The van der Waals surface area contributed by atoms with Crippen LogP contribution in [0.5, 0.6) is 0 Å². The Balaban J connectivity index is 1.56. The molecule has 1 aliphatic rings. The van der Waals surface area contributed by atoms with Crippen molar-refractivity contribution in [2.75, 3.05) is 0 Å². The highest BCUT2D eigenvalue weighted by Gasteiger charge is 2.23. The minimum absolute atomic E-state index is 0.0667. The normalized spacial score (nSPS) is 12.7. The summed E-state index contributed by atoms with van der Waals surface area (Å²) in [5, 5.41) is 2.42. The summed E-state index contributed by atoms with van der Waals surface area (Å²) >= 11 is 0. The first-order chi connectivity index (χ1) is 21.5. The van der Waals surface area contributed by atoms with E-state index in [1.165, 1.54) is 44.2 Å². The number of fused-ring (bicyclic) bond motifs is 11. The molecule has 0 aliphatic carbocycles. The van der Waals surface area contributed by atoms with E-state index in [-0.39, 0.29) is 10.8 Å². The fourth-order valence-corrected chi connectivity index (χ4v) is 6.61. The zero-order valence-electron chi connectivity index (χ0n) is 26.8. The quantitative estimate of drug-likeness (QED) is 0.209. The maximum atomic E-state index is 5.38. The third-order valence-electron chi connectivity index (χ3n) is 9.24.